The van der Waals surface area contributed by atoms with E-state index in [1.54, 1.807) is 25.2 Å². The number of halogens is 2. The molecule has 2 aromatic carbocycles. The van der Waals surface area contributed by atoms with Gasteiger partial charge in [-0.15, -0.1) is 0 Å². The van der Waals surface area contributed by atoms with Crippen molar-refractivity contribution in [1.82, 2.24) is 4.90 Å². The van der Waals surface area contributed by atoms with E-state index in [2.05, 4.69) is 0 Å². The Hall–Kier alpha value is -2.70. The molecule has 0 atom stereocenters. The minimum atomic E-state index is -0.709. The Morgan fingerprint density at radius 3 is 2.48 bits per heavy atom. The lowest BCUT2D eigenvalue weighted by Crippen LogP contribution is -2.30. The fourth-order valence-electron chi connectivity index (χ4n) is 2.10. The van der Waals surface area contributed by atoms with E-state index in [-0.39, 0.29) is 24.0 Å². The van der Waals surface area contributed by atoms with Crippen molar-refractivity contribution in [3.8, 4) is 11.5 Å². The first-order valence-corrected chi connectivity index (χ1v) is 8.56. The van der Waals surface area contributed by atoms with Gasteiger partial charge < -0.3 is 19.8 Å². The van der Waals surface area contributed by atoms with Gasteiger partial charge in [-0.25, -0.2) is 4.79 Å². The first kappa shape index (κ1) is 20.6. The smallest absolute Gasteiger partial charge is 0.331 e. The first-order chi connectivity index (χ1) is 12.8. The molecule has 1 amide bonds. The Balaban J connectivity index is 1.84. The fraction of sp³-hybridized carbons (Fsp3) is 0.158. The summed E-state index contributed by atoms with van der Waals surface area (Å²) in [6, 6.07) is 9.14. The number of hydrogen-bond donors (Lipinski definition) is 2. The molecule has 0 bridgehead atoms. The molecule has 8 heteroatoms. The van der Waals surface area contributed by atoms with Crippen LogP contribution in [-0.4, -0.2) is 40.6 Å². The van der Waals surface area contributed by atoms with E-state index in [9.17, 15) is 19.8 Å². The average Bonchev–Trinajstić information content (AvgIpc) is 2.63. The van der Waals surface area contributed by atoms with Crippen LogP contribution in [0.1, 0.15) is 11.1 Å². The van der Waals surface area contributed by atoms with Gasteiger partial charge in [-0.2, -0.15) is 0 Å². The Kier molecular flexibility index (Phi) is 7.10. The topological polar surface area (TPSA) is 87.1 Å². The number of rotatable bonds is 6. The van der Waals surface area contributed by atoms with Crippen molar-refractivity contribution in [2.45, 2.75) is 6.54 Å². The molecule has 0 fully saturated rings. The third kappa shape index (κ3) is 6.20. The molecule has 0 radical (unpaired) electrons. The second-order valence-electron chi connectivity index (χ2n) is 5.69. The van der Waals surface area contributed by atoms with Crippen LogP contribution >= 0.6 is 23.2 Å². The Morgan fingerprint density at radius 2 is 1.81 bits per heavy atom. The number of amides is 1. The monoisotopic (exact) mass is 409 g/mol. The second-order valence-corrected chi connectivity index (χ2v) is 6.50. The van der Waals surface area contributed by atoms with Crippen LogP contribution in [0, 0.1) is 0 Å². The molecule has 0 aromatic heterocycles. The number of hydrogen-bond acceptors (Lipinski definition) is 5. The molecule has 2 aromatic rings. The van der Waals surface area contributed by atoms with E-state index in [1.165, 1.54) is 29.2 Å². The van der Waals surface area contributed by atoms with E-state index in [4.69, 9.17) is 27.9 Å². The minimum absolute atomic E-state index is 0.259. The van der Waals surface area contributed by atoms with Crippen LogP contribution in [0.3, 0.4) is 0 Å². The predicted octanol–water partition coefficient (Wildman–Crippen LogP) is 3.62. The van der Waals surface area contributed by atoms with Crippen LogP contribution in [0.4, 0.5) is 0 Å². The number of benzene rings is 2. The van der Waals surface area contributed by atoms with E-state index < -0.39 is 12.6 Å². The van der Waals surface area contributed by atoms with Crippen molar-refractivity contribution in [3.63, 3.8) is 0 Å². The quantitative estimate of drug-likeness (QED) is 0.432. The molecule has 0 saturated heterocycles. The number of carbonyl (C=O) groups excluding carboxylic acids is 2. The van der Waals surface area contributed by atoms with Crippen molar-refractivity contribution < 1.29 is 24.5 Å². The van der Waals surface area contributed by atoms with Crippen molar-refractivity contribution in [2.75, 3.05) is 13.7 Å². The number of nitrogens with zero attached hydrogens (tertiary/aromatic N) is 1. The molecule has 0 aliphatic heterocycles. The van der Waals surface area contributed by atoms with Gasteiger partial charge in [-0.05, 0) is 41.5 Å². The molecular weight excluding hydrogens is 393 g/mol. The van der Waals surface area contributed by atoms with Gasteiger partial charge in [-0.1, -0.05) is 35.3 Å². The van der Waals surface area contributed by atoms with Gasteiger partial charge in [0.2, 0.25) is 0 Å². The summed E-state index contributed by atoms with van der Waals surface area (Å²) in [4.78, 5) is 25.2. The van der Waals surface area contributed by atoms with Crippen molar-refractivity contribution >= 4 is 41.2 Å². The van der Waals surface area contributed by atoms with Gasteiger partial charge >= 0.3 is 5.97 Å². The molecular formula is C19H17Cl2NO5. The number of esters is 1. The number of phenols is 2. The van der Waals surface area contributed by atoms with E-state index in [1.807, 2.05) is 0 Å². The van der Waals surface area contributed by atoms with Gasteiger partial charge in [0, 0.05) is 19.7 Å². The molecule has 0 unspecified atom stereocenters. The summed E-state index contributed by atoms with van der Waals surface area (Å²) in [6.07, 6.45) is 2.52. The van der Waals surface area contributed by atoms with Gasteiger partial charge in [0.15, 0.2) is 18.1 Å². The molecule has 6 nitrogen and oxygen atoms in total. The van der Waals surface area contributed by atoms with Gasteiger partial charge in [-0.3, -0.25) is 4.79 Å². The first-order valence-electron chi connectivity index (χ1n) is 7.81. The molecule has 27 heavy (non-hydrogen) atoms. The summed E-state index contributed by atoms with van der Waals surface area (Å²) >= 11 is 11.8. The van der Waals surface area contributed by atoms with E-state index in [0.717, 1.165) is 11.6 Å². The molecule has 0 aliphatic rings. The molecule has 0 heterocycles. The highest BCUT2D eigenvalue weighted by atomic mass is 35.5. The molecule has 142 valence electrons. The van der Waals surface area contributed by atoms with Crippen LogP contribution < -0.4 is 0 Å². The Labute approximate surface area is 166 Å². The van der Waals surface area contributed by atoms with Crippen LogP contribution in [0.5, 0.6) is 11.5 Å². The maximum absolute atomic E-state index is 12.1. The SMILES string of the molecule is CN(Cc1ccc(Cl)c(Cl)c1)C(=O)COC(=O)/C=C/c1ccc(O)c(O)c1. The van der Waals surface area contributed by atoms with Crippen LogP contribution in [0.2, 0.25) is 10.0 Å². The lowest BCUT2D eigenvalue weighted by Gasteiger charge is -2.17. The Morgan fingerprint density at radius 1 is 1.07 bits per heavy atom. The number of ether oxygens (including phenoxy) is 1. The average molecular weight is 410 g/mol. The van der Waals surface area contributed by atoms with Gasteiger partial charge in [0.25, 0.3) is 5.91 Å². The number of aromatic hydroxyl groups is 2. The standard InChI is InChI=1S/C19H17Cl2NO5/c1-22(10-13-2-5-14(20)15(21)8-13)18(25)11-27-19(26)7-4-12-3-6-16(23)17(24)9-12/h2-9,23-24H,10-11H2,1H3/b7-4+. The molecule has 0 aliphatic carbocycles. The maximum atomic E-state index is 12.1. The van der Waals surface area contributed by atoms with Gasteiger partial charge in [0.05, 0.1) is 10.0 Å². The second kappa shape index (κ2) is 9.30. The van der Waals surface area contributed by atoms with Crippen LogP contribution in [0.25, 0.3) is 6.08 Å². The lowest BCUT2D eigenvalue weighted by atomic mass is 10.2. The van der Waals surface area contributed by atoms with Crippen molar-refractivity contribution in [3.05, 3.63) is 63.6 Å². The zero-order valence-corrected chi connectivity index (χ0v) is 15.9. The highest BCUT2D eigenvalue weighted by Crippen LogP contribution is 2.25. The third-order valence-corrected chi connectivity index (χ3v) is 4.32. The molecule has 0 spiro atoms. The largest absolute Gasteiger partial charge is 0.504 e. The Bertz CT molecular complexity index is 882. The summed E-state index contributed by atoms with van der Waals surface area (Å²) in [7, 11) is 1.58. The summed E-state index contributed by atoms with van der Waals surface area (Å²) < 4.78 is 4.91. The van der Waals surface area contributed by atoms with Crippen molar-refractivity contribution in [1.29, 1.82) is 0 Å². The minimum Gasteiger partial charge on any atom is -0.504 e. The number of phenolic OH excluding ortho intramolecular Hbond substituents is 2. The zero-order valence-electron chi connectivity index (χ0n) is 14.4. The number of likely N-dealkylation sites (N-methyl/N-ethyl adjacent to an activating group) is 1. The van der Waals surface area contributed by atoms with Crippen molar-refractivity contribution in [2.24, 2.45) is 0 Å². The summed E-state index contributed by atoms with van der Waals surface area (Å²) in [5.74, 6) is -1.65. The van der Waals surface area contributed by atoms with Crippen LogP contribution in [0.15, 0.2) is 42.5 Å². The summed E-state index contributed by atoms with van der Waals surface area (Å²) in [6.45, 7) is -0.127. The van der Waals surface area contributed by atoms with E-state index >= 15 is 0 Å². The van der Waals surface area contributed by atoms with Crippen LogP contribution in [-0.2, 0) is 20.9 Å². The predicted molar refractivity (Wildman–Crippen MR) is 103 cm³/mol. The fourth-order valence-corrected chi connectivity index (χ4v) is 2.42. The molecule has 2 N–H and O–H groups in total. The maximum Gasteiger partial charge on any atom is 0.331 e. The normalized spacial score (nSPS) is 10.8. The highest BCUT2D eigenvalue weighted by molar-refractivity contribution is 6.42. The van der Waals surface area contributed by atoms with Gasteiger partial charge in [0.1, 0.15) is 0 Å². The summed E-state index contributed by atoms with van der Waals surface area (Å²) in [5, 5.41) is 19.4. The summed E-state index contributed by atoms with van der Waals surface area (Å²) in [5.41, 5.74) is 1.28. The van der Waals surface area contributed by atoms with E-state index in [0.29, 0.717) is 15.6 Å². The number of carbonyl (C=O) groups is 2. The molecule has 0 saturated carbocycles. The highest BCUT2D eigenvalue weighted by Gasteiger charge is 2.12. The third-order valence-electron chi connectivity index (χ3n) is 3.58. The lowest BCUT2D eigenvalue weighted by molar-refractivity contribution is -0.147. The zero-order chi connectivity index (χ0) is 20.0. The molecule has 2 rings (SSSR count).